The number of piperidine rings is 1. The number of anilines is 1. The van der Waals surface area contributed by atoms with E-state index >= 15 is 0 Å². The largest absolute Gasteiger partial charge is 0.389 e. The van der Waals surface area contributed by atoms with Crippen molar-refractivity contribution >= 4 is 11.3 Å². The van der Waals surface area contributed by atoms with Crippen molar-refractivity contribution in [2.75, 3.05) is 18.0 Å². The van der Waals surface area contributed by atoms with Gasteiger partial charge in [-0.05, 0) is 25.3 Å². The Hall–Kier alpha value is -1.62. The molecule has 1 aliphatic carbocycles. The minimum Gasteiger partial charge on any atom is -0.389 e. The van der Waals surface area contributed by atoms with Crippen LogP contribution in [0.15, 0.2) is 24.7 Å². The van der Waals surface area contributed by atoms with Gasteiger partial charge in [0.25, 0.3) is 0 Å². The maximum Gasteiger partial charge on any atom is 0.154 e. The van der Waals surface area contributed by atoms with E-state index < -0.39 is 5.60 Å². The Labute approximate surface area is 118 Å². The van der Waals surface area contributed by atoms with Gasteiger partial charge in [-0.1, -0.05) is 12.8 Å². The smallest absolute Gasteiger partial charge is 0.154 e. The predicted molar refractivity (Wildman–Crippen MR) is 76.7 cm³/mol. The molecule has 2 unspecified atom stereocenters. The third-order valence-corrected chi connectivity index (χ3v) is 5.03. The number of fused-ring (bicyclic) bond motifs is 2. The summed E-state index contributed by atoms with van der Waals surface area (Å²) in [5, 5.41) is 15.0. The predicted octanol–water partition coefficient (Wildman–Crippen LogP) is 1.86. The molecule has 2 aromatic rings. The van der Waals surface area contributed by atoms with Crippen LogP contribution in [-0.2, 0) is 0 Å². The van der Waals surface area contributed by atoms with Crippen LogP contribution in [0.2, 0.25) is 0 Å². The third-order valence-electron chi connectivity index (χ3n) is 5.03. The number of nitrogens with zero attached hydrogens (tertiary/aromatic N) is 4. The summed E-state index contributed by atoms with van der Waals surface area (Å²) >= 11 is 0. The molecule has 0 amide bonds. The molecule has 1 aliphatic heterocycles. The fourth-order valence-corrected chi connectivity index (χ4v) is 3.85. The van der Waals surface area contributed by atoms with Gasteiger partial charge in [-0.25, -0.2) is 9.50 Å². The van der Waals surface area contributed by atoms with Crippen LogP contribution in [0.3, 0.4) is 0 Å². The Morgan fingerprint density at radius 3 is 3.15 bits per heavy atom. The van der Waals surface area contributed by atoms with E-state index in [9.17, 15) is 5.11 Å². The second kappa shape index (κ2) is 4.45. The van der Waals surface area contributed by atoms with Gasteiger partial charge in [-0.2, -0.15) is 5.10 Å². The second-order valence-electron chi connectivity index (χ2n) is 6.15. The lowest BCUT2D eigenvalue weighted by Crippen LogP contribution is -2.53. The molecule has 5 nitrogen and oxygen atoms in total. The van der Waals surface area contributed by atoms with Crippen molar-refractivity contribution in [3.63, 3.8) is 0 Å². The molecule has 2 aliphatic rings. The molecule has 0 bridgehead atoms. The van der Waals surface area contributed by atoms with Crippen LogP contribution in [0.4, 0.5) is 5.82 Å². The van der Waals surface area contributed by atoms with Crippen LogP contribution in [0.1, 0.15) is 32.1 Å². The molecule has 0 spiro atoms. The zero-order valence-corrected chi connectivity index (χ0v) is 11.6. The van der Waals surface area contributed by atoms with Gasteiger partial charge in [-0.15, -0.1) is 0 Å². The molecular weight excluding hydrogens is 252 g/mol. The van der Waals surface area contributed by atoms with Gasteiger partial charge in [0, 0.05) is 31.4 Å². The molecule has 1 saturated heterocycles. The third kappa shape index (κ3) is 1.80. The first kappa shape index (κ1) is 12.1. The van der Waals surface area contributed by atoms with E-state index in [1.165, 1.54) is 12.8 Å². The lowest BCUT2D eigenvalue weighted by Gasteiger charge is -2.47. The highest BCUT2D eigenvalue weighted by Crippen LogP contribution is 2.40. The zero-order valence-electron chi connectivity index (χ0n) is 11.6. The minimum absolute atomic E-state index is 0.384. The standard InChI is InChI=1S/C15H20N4O/c20-15-5-2-1-3-12(15)11-18(9-6-15)14-13-4-7-17-19(13)10-8-16-14/h4,7-8,10,12,20H,1-3,5-6,9,11H2. The van der Waals surface area contributed by atoms with Gasteiger partial charge in [0.05, 0.1) is 11.8 Å². The maximum atomic E-state index is 10.8. The molecule has 3 heterocycles. The Morgan fingerprint density at radius 1 is 1.25 bits per heavy atom. The summed E-state index contributed by atoms with van der Waals surface area (Å²) in [5.74, 6) is 1.38. The second-order valence-corrected chi connectivity index (χ2v) is 6.15. The molecule has 2 aromatic heterocycles. The Bertz CT molecular complexity index is 625. The fourth-order valence-electron chi connectivity index (χ4n) is 3.85. The normalized spacial score (nSPS) is 30.4. The summed E-state index contributed by atoms with van der Waals surface area (Å²) < 4.78 is 1.87. The van der Waals surface area contributed by atoms with E-state index in [2.05, 4.69) is 15.0 Å². The lowest BCUT2D eigenvalue weighted by atomic mass is 9.71. The molecule has 0 radical (unpaired) electrons. The molecule has 20 heavy (non-hydrogen) atoms. The van der Waals surface area contributed by atoms with Crippen molar-refractivity contribution in [1.82, 2.24) is 14.6 Å². The molecule has 2 fully saturated rings. The SMILES string of the molecule is OC12CCCCC1CN(c1nccn3nccc13)CC2. The summed E-state index contributed by atoms with van der Waals surface area (Å²) in [7, 11) is 0. The highest BCUT2D eigenvalue weighted by Gasteiger charge is 2.43. The van der Waals surface area contributed by atoms with Crippen LogP contribution in [0, 0.1) is 5.92 Å². The molecule has 2 atom stereocenters. The van der Waals surface area contributed by atoms with E-state index in [1.54, 1.807) is 12.4 Å². The van der Waals surface area contributed by atoms with Crippen LogP contribution >= 0.6 is 0 Å². The number of hydrogen-bond donors (Lipinski definition) is 1. The average Bonchev–Trinajstić information content (AvgIpc) is 2.94. The molecule has 106 valence electrons. The lowest BCUT2D eigenvalue weighted by molar-refractivity contribution is -0.0613. The maximum absolute atomic E-state index is 10.8. The van der Waals surface area contributed by atoms with Gasteiger partial charge >= 0.3 is 0 Å². The van der Waals surface area contributed by atoms with Crippen molar-refractivity contribution < 1.29 is 5.11 Å². The van der Waals surface area contributed by atoms with Gasteiger partial charge in [0.15, 0.2) is 5.82 Å². The number of rotatable bonds is 1. The average molecular weight is 272 g/mol. The summed E-state index contributed by atoms with van der Waals surface area (Å²) in [4.78, 5) is 6.87. The molecule has 1 N–H and O–H groups in total. The minimum atomic E-state index is -0.430. The van der Waals surface area contributed by atoms with Gasteiger partial charge in [-0.3, -0.25) is 0 Å². The van der Waals surface area contributed by atoms with Crippen molar-refractivity contribution in [2.24, 2.45) is 5.92 Å². The Balaban J connectivity index is 1.65. The number of aromatic nitrogens is 3. The monoisotopic (exact) mass is 272 g/mol. The topological polar surface area (TPSA) is 53.7 Å². The molecule has 1 saturated carbocycles. The highest BCUT2D eigenvalue weighted by atomic mass is 16.3. The van der Waals surface area contributed by atoms with Crippen LogP contribution in [0.5, 0.6) is 0 Å². The molecular formula is C15H20N4O. The van der Waals surface area contributed by atoms with Crippen molar-refractivity contribution in [3.05, 3.63) is 24.7 Å². The highest BCUT2D eigenvalue weighted by molar-refractivity contribution is 5.68. The summed E-state index contributed by atoms with van der Waals surface area (Å²) in [6, 6.07) is 2.00. The van der Waals surface area contributed by atoms with E-state index in [1.807, 2.05) is 16.8 Å². The van der Waals surface area contributed by atoms with Gasteiger partial charge < -0.3 is 10.0 Å². The Morgan fingerprint density at radius 2 is 2.20 bits per heavy atom. The van der Waals surface area contributed by atoms with E-state index in [-0.39, 0.29) is 0 Å². The quantitative estimate of drug-likeness (QED) is 0.861. The summed E-state index contributed by atoms with van der Waals surface area (Å²) in [6.07, 6.45) is 10.9. The van der Waals surface area contributed by atoms with E-state index in [0.717, 1.165) is 43.7 Å². The van der Waals surface area contributed by atoms with Crippen LogP contribution < -0.4 is 4.90 Å². The summed E-state index contributed by atoms with van der Waals surface area (Å²) in [6.45, 7) is 1.79. The first-order chi connectivity index (χ1) is 9.76. The van der Waals surface area contributed by atoms with Gasteiger partial charge in [0.2, 0.25) is 0 Å². The van der Waals surface area contributed by atoms with Crippen molar-refractivity contribution in [2.45, 2.75) is 37.7 Å². The van der Waals surface area contributed by atoms with Crippen LogP contribution in [0.25, 0.3) is 5.52 Å². The molecule has 4 rings (SSSR count). The molecule has 0 aromatic carbocycles. The van der Waals surface area contributed by atoms with Gasteiger partial charge in [0.1, 0.15) is 5.52 Å². The van der Waals surface area contributed by atoms with E-state index in [4.69, 9.17) is 0 Å². The van der Waals surface area contributed by atoms with E-state index in [0.29, 0.717) is 5.92 Å². The first-order valence-corrected chi connectivity index (χ1v) is 7.52. The molecule has 5 heteroatoms. The van der Waals surface area contributed by atoms with Crippen LogP contribution in [-0.4, -0.2) is 38.4 Å². The number of hydrogen-bond acceptors (Lipinski definition) is 4. The van der Waals surface area contributed by atoms with Crippen molar-refractivity contribution in [3.8, 4) is 0 Å². The first-order valence-electron chi connectivity index (χ1n) is 7.52. The zero-order chi connectivity index (χ0) is 13.6. The Kier molecular flexibility index (Phi) is 2.70. The summed E-state index contributed by atoms with van der Waals surface area (Å²) in [5.41, 5.74) is 0.619. The number of aliphatic hydroxyl groups is 1. The van der Waals surface area contributed by atoms with Crippen molar-refractivity contribution in [1.29, 1.82) is 0 Å². The fraction of sp³-hybridized carbons (Fsp3) is 0.600.